The summed E-state index contributed by atoms with van der Waals surface area (Å²) in [6.07, 6.45) is 1.02. The fourth-order valence-corrected chi connectivity index (χ4v) is 3.39. The minimum atomic E-state index is -4.66. The second-order valence-corrected chi connectivity index (χ2v) is 8.31. The maximum atomic E-state index is 13.0. The number of pyridine rings is 1. The highest BCUT2D eigenvalue weighted by Crippen LogP contribution is 2.33. The highest BCUT2D eigenvalue weighted by molar-refractivity contribution is 7.92. The van der Waals surface area contributed by atoms with Gasteiger partial charge in [-0.05, 0) is 25.8 Å². The molecule has 1 aliphatic carbocycles. The fourth-order valence-electron chi connectivity index (χ4n) is 2.79. The molecule has 0 spiro atoms. The monoisotopic (exact) mass is 393 g/mol. The van der Waals surface area contributed by atoms with Gasteiger partial charge in [-0.3, -0.25) is 9.52 Å². The van der Waals surface area contributed by atoms with Crippen LogP contribution in [0, 0.1) is 5.92 Å². The molecular weight excluding hydrogens is 371 g/mol. The van der Waals surface area contributed by atoms with E-state index in [1.165, 1.54) is 6.92 Å². The van der Waals surface area contributed by atoms with Crippen LogP contribution in [0.1, 0.15) is 51.0 Å². The van der Waals surface area contributed by atoms with Gasteiger partial charge in [0.25, 0.3) is 0 Å². The van der Waals surface area contributed by atoms with E-state index in [4.69, 9.17) is 0 Å². The van der Waals surface area contributed by atoms with Gasteiger partial charge < -0.3 is 5.32 Å². The zero-order valence-corrected chi connectivity index (χ0v) is 15.2. The Hall–Kier alpha value is -1.84. The van der Waals surface area contributed by atoms with Crippen LogP contribution in [-0.4, -0.2) is 25.1 Å². The first-order chi connectivity index (χ1) is 12.1. The van der Waals surface area contributed by atoms with E-state index in [-0.39, 0.29) is 23.2 Å². The molecule has 0 unspecified atom stereocenters. The van der Waals surface area contributed by atoms with Crippen molar-refractivity contribution < 1.29 is 26.4 Å². The molecular formula is C16H22F3N3O3S. The van der Waals surface area contributed by atoms with Crippen LogP contribution in [0.5, 0.6) is 0 Å². The molecule has 10 heteroatoms. The van der Waals surface area contributed by atoms with E-state index >= 15 is 0 Å². The summed E-state index contributed by atoms with van der Waals surface area (Å²) in [6, 6.07) is 0.703. The van der Waals surface area contributed by atoms with Crippen LogP contribution in [0.3, 0.4) is 0 Å². The smallest absolute Gasteiger partial charge is 0.323 e. The fraction of sp³-hybridized carbons (Fsp3) is 0.625. The molecule has 2 rings (SSSR count). The standard InChI is InChI=1S/C16H22F3N3O3S/c1-2-26(24,25)22-14-13(9-12(10-20-14)16(17,18)19)21-15(23)11-7-5-3-4-6-8-11/h9-11H,2-8H2,1H3,(H,20,22)(H,21,23). The topological polar surface area (TPSA) is 88.2 Å². The van der Waals surface area contributed by atoms with E-state index in [9.17, 15) is 26.4 Å². The van der Waals surface area contributed by atoms with Crippen LogP contribution < -0.4 is 10.0 Å². The Labute approximate surface area is 150 Å². The predicted molar refractivity (Wildman–Crippen MR) is 92.1 cm³/mol. The van der Waals surface area contributed by atoms with E-state index in [1.54, 1.807) is 0 Å². The molecule has 6 nitrogen and oxygen atoms in total. The number of rotatable bonds is 5. The van der Waals surface area contributed by atoms with Gasteiger partial charge in [0.2, 0.25) is 15.9 Å². The average molecular weight is 393 g/mol. The number of alkyl halides is 3. The number of anilines is 2. The van der Waals surface area contributed by atoms with Crippen LogP contribution in [-0.2, 0) is 21.0 Å². The van der Waals surface area contributed by atoms with Crippen molar-refractivity contribution in [2.24, 2.45) is 5.92 Å². The van der Waals surface area contributed by atoms with Crippen LogP contribution in [0.15, 0.2) is 12.3 Å². The Morgan fingerprint density at radius 3 is 2.38 bits per heavy atom. The van der Waals surface area contributed by atoms with Gasteiger partial charge in [0.15, 0.2) is 5.82 Å². The van der Waals surface area contributed by atoms with Crippen molar-refractivity contribution in [2.75, 3.05) is 15.8 Å². The van der Waals surface area contributed by atoms with Gasteiger partial charge in [-0.25, -0.2) is 13.4 Å². The first-order valence-corrected chi connectivity index (χ1v) is 10.2. The normalized spacial score (nSPS) is 16.8. The summed E-state index contributed by atoms with van der Waals surface area (Å²) < 4.78 is 64.5. The van der Waals surface area contributed by atoms with Crippen molar-refractivity contribution in [1.82, 2.24) is 4.98 Å². The first-order valence-electron chi connectivity index (χ1n) is 8.51. The van der Waals surface area contributed by atoms with E-state index < -0.39 is 27.7 Å². The lowest BCUT2D eigenvalue weighted by molar-refractivity contribution is -0.137. The lowest BCUT2D eigenvalue weighted by Crippen LogP contribution is -2.25. The lowest BCUT2D eigenvalue weighted by Gasteiger charge is -2.18. The number of amides is 1. The first kappa shape index (κ1) is 20.5. The summed E-state index contributed by atoms with van der Waals surface area (Å²) in [5, 5.41) is 2.44. The van der Waals surface area contributed by atoms with Gasteiger partial charge in [0.05, 0.1) is 17.0 Å². The van der Waals surface area contributed by atoms with Crippen LogP contribution >= 0.6 is 0 Å². The maximum Gasteiger partial charge on any atom is 0.417 e. The van der Waals surface area contributed by atoms with E-state index in [2.05, 4.69) is 15.0 Å². The summed E-state index contributed by atoms with van der Waals surface area (Å²) in [6.45, 7) is 1.39. The Morgan fingerprint density at radius 2 is 1.85 bits per heavy atom. The molecule has 0 saturated heterocycles. The molecule has 0 radical (unpaired) electrons. The summed E-state index contributed by atoms with van der Waals surface area (Å²) in [7, 11) is -3.75. The summed E-state index contributed by atoms with van der Waals surface area (Å²) in [5.74, 6) is -1.31. The third-order valence-corrected chi connectivity index (χ3v) is 5.60. The Balaban J connectivity index is 2.31. The van der Waals surface area contributed by atoms with Crippen molar-refractivity contribution in [1.29, 1.82) is 0 Å². The molecule has 1 amide bonds. The number of hydrogen-bond donors (Lipinski definition) is 2. The van der Waals surface area contributed by atoms with Gasteiger partial charge in [-0.15, -0.1) is 0 Å². The number of carbonyl (C=O) groups excluding carboxylic acids is 1. The van der Waals surface area contributed by atoms with Gasteiger partial charge in [-0.2, -0.15) is 13.2 Å². The van der Waals surface area contributed by atoms with Crippen molar-refractivity contribution in [2.45, 2.75) is 51.6 Å². The van der Waals surface area contributed by atoms with Crippen molar-refractivity contribution in [3.8, 4) is 0 Å². The molecule has 1 aliphatic rings. The van der Waals surface area contributed by atoms with Gasteiger partial charge in [0, 0.05) is 12.1 Å². The molecule has 0 aliphatic heterocycles. The summed E-state index contributed by atoms with van der Waals surface area (Å²) >= 11 is 0. The van der Waals surface area contributed by atoms with E-state index in [0.29, 0.717) is 25.1 Å². The molecule has 2 N–H and O–H groups in total. The second-order valence-electron chi connectivity index (χ2n) is 6.30. The number of halogens is 3. The Kier molecular flexibility index (Phi) is 6.48. The average Bonchev–Trinajstić information content (AvgIpc) is 2.84. The van der Waals surface area contributed by atoms with Crippen molar-refractivity contribution >= 4 is 27.4 Å². The lowest BCUT2D eigenvalue weighted by atomic mass is 9.99. The Bertz CT molecular complexity index is 743. The van der Waals surface area contributed by atoms with Crippen molar-refractivity contribution in [3.05, 3.63) is 17.8 Å². The molecule has 1 fully saturated rings. The SMILES string of the molecule is CCS(=O)(=O)Nc1ncc(C(F)(F)F)cc1NC(=O)C1CCCCCC1. The zero-order chi connectivity index (χ0) is 19.4. The number of sulfonamides is 1. The maximum absolute atomic E-state index is 13.0. The number of nitrogens with zero attached hydrogens (tertiary/aromatic N) is 1. The molecule has 1 saturated carbocycles. The third kappa shape index (κ3) is 5.58. The number of nitrogens with one attached hydrogen (secondary N) is 2. The molecule has 0 aromatic carbocycles. The van der Waals surface area contributed by atoms with Crippen molar-refractivity contribution in [3.63, 3.8) is 0 Å². The molecule has 1 aromatic rings. The quantitative estimate of drug-likeness (QED) is 0.746. The summed E-state index contributed by atoms with van der Waals surface area (Å²) in [4.78, 5) is 16.0. The molecule has 0 bridgehead atoms. The number of carbonyl (C=O) groups is 1. The second kappa shape index (κ2) is 8.24. The third-order valence-electron chi connectivity index (χ3n) is 4.33. The van der Waals surface area contributed by atoms with Gasteiger partial charge >= 0.3 is 6.18 Å². The molecule has 1 aromatic heterocycles. The van der Waals surface area contributed by atoms with Crippen LogP contribution in [0.2, 0.25) is 0 Å². The molecule has 0 atom stereocenters. The molecule has 146 valence electrons. The number of aromatic nitrogens is 1. The minimum absolute atomic E-state index is 0.272. The Morgan fingerprint density at radius 1 is 1.23 bits per heavy atom. The van der Waals surface area contributed by atoms with E-state index in [0.717, 1.165) is 25.7 Å². The largest absolute Gasteiger partial charge is 0.417 e. The highest BCUT2D eigenvalue weighted by atomic mass is 32.2. The zero-order valence-electron chi connectivity index (χ0n) is 14.4. The van der Waals surface area contributed by atoms with Gasteiger partial charge in [0.1, 0.15) is 0 Å². The van der Waals surface area contributed by atoms with Crippen LogP contribution in [0.25, 0.3) is 0 Å². The number of hydrogen-bond acceptors (Lipinski definition) is 4. The highest BCUT2D eigenvalue weighted by Gasteiger charge is 2.32. The molecule has 1 heterocycles. The predicted octanol–water partition coefficient (Wildman–Crippen LogP) is 3.77. The minimum Gasteiger partial charge on any atom is -0.323 e. The van der Waals surface area contributed by atoms with Crippen LogP contribution in [0.4, 0.5) is 24.7 Å². The molecule has 26 heavy (non-hydrogen) atoms. The van der Waals surface area contributed by atoms with E-state index in [1.807, 2.05) is 0 Å². The summed E-state index contributed by atoms with van der Waals surface area (Å²) in [5.41, 5.74) is -1.35. The van der Waals surface area contributed by atoms with Gasteiger partial charge in [-0.1, -0.05) is 25.7 Å².